The van der Waals surface area contributed by atoms with Gasteiger partial charge in [-0.05, 0) is 48.9 Å². The number of halogens is 4. The maximum atomic E-state index is 13.6. The molecule has 4 amide bonds. The number of aromatic nitrogens is 2. The first kappa shape index (κ1) is 30.0. The number of nitrogens with one attached hydrogen (secondary N) is 2. The quantitative estimate of drug-likeness (QED) is 0.452. The number of hydrogen-bond acceptors (Lipinski definition) is 4. The summed E-state index contributed by atoms with van der Waals surface area (Å²) in [6.07, 6.45) is -3.11. The summed E-state index contributed by atoms with van der Waals surface area (Å²) in [6, 6.07) is 8.97. The minimum atomic E-state index is -4.66. The van der Waals surface area contributed by atoms with Crippen LogP contribution in [-0.4, -0.2) is 80.5 Å². The number of urea groups is 1. The van der Waals surface area contributed by atoms with Crippen LogP contribution < -0.4 is 11.0 Å². The minimum Gasteiger partial charge on any atom is -0.343 e. The van der Waals surface area contributed by atoms with Gasteiger partial charge in [-0.3, -0.25) is 14.2 Å². The molecule has 0 spiro atoms. The first-order chi connectivity index (χ1) is 20.9. The van der Waals surface area contributed by atoms with Crippen molar-refractivity contribution in [2.45, 2.75) is 50.9 Å². The van der Waals surface area contributed by atoms with E-state index in [1.54, 1.807) is 15.9 Å². The molecule has 234 valence electrons. The Hall–Kier alpha value is -4.00. The van der Waals surface area contributed by atoms with Crippen LogP contribution in [0.3, 0.4) is 0 Å². The number of benzene rings is 2. The highest BCUT2D eigenvalue weighted by atomic mass is 35.5. The zero-order valence-electron chi connectivity index (χ0n) is 24.0. The Labute approximate surface area is 255 Å². The van der Waals surface area contributed by atoms with Gasteiger partial charge in [-0.25, -0.2) is 9.59 Å². The van der Waals surface area contributed by atoms with Crippen molar-refractivity contribution in [2.75, 3.05) is 31.5 Å². The molecule has 44 heavy (non-hydrogen) atoms. The second kappa shape index (κ2) is 11.5. The van der Waals surface area contributed by atoms with Crippen molar-refractivity contribution in [3.05, 3.63) is 62.5 Å². The Kier molecular flexibility index (Phi) is 7.85. The fraction of sp³-hybridized carbons (Fsp3) is 0.467. The third-order valence-electron chi connectivity index (χ3n) is 8.99. The summed E-state index contributed by atoms with van der Waals surface area (Å²) in [4.78, 5) is 59.1. The van der Waals surface area contributed by atoms with Gasteiger partial charge >= 0.3 is 17.9 Å². The lowest BCUT2D eigenvalue weighted by molar-refractivity contribution is -0.165. The molecule has 0 radical (unpaired) electrons. The van der Waals surface area contributed by atoms with Crippen LogP contribution in [0.15, 0.2) is 35.1 Å². The number of aryl methyl sites for hydroxylation is 1. The van der Waals surface area contributed by atoms with Gasteiger partial charge in [-0.15, -0.1) is 0 Å². The molecule has 3 aliphatic rings. The average Bonchev–Trinajstić information content (AvgIpc) is 3.09. The first-order valence-corrected chi connectivity index (χ1v) is 14.9. The lowest BCUT2D eigenvalue weighted by Crippen LogP contribution is -2.50. The van der Waals surface area contributed by atoms with E-state index >= 15 is 0 Å². The number of aromatic amines is 1. The molecule has 4 heterocycles. The molecule has 0 bridgehead atoms. The number of amides is 4. The molecule has 2 aromatic carbocycles. The number of nitrogens with zero attached hydrogens (tertiary/aromatic N) is 4. The van der Waals surface area contributed by atoms with Crippen LogP contribution >= 0.6 is 11.6 Å². The highest BCUT2D eigenvalue weighted by molar-refractivity contribution is 6.35. The number of rotatable bonds is 4. The highest BCUT2D eigenvalue weighted by Gasteiger charge is 2.40. The van der Waals surface area contributed by atoms with E-state index in [2.05, 4.69) is 10.3 Å². The lowest BCUT2D eigenvalue weighted by Gasteiger charge is -2.38. The van der Waals surface area contributed by atoms with Crippen molar-refractivity contribution in [3.8, 4) is 0 Å². The maximum absolute atomic E-state index is 13.6. The van der Waals surface area contributed by atoms with Gasteiger partial charge in [0.15, 0.2) is 0 Å². The number of carbonyl (C=O) groups excluding carboxylic acids is 3. The summed E-state index contributed by atoms with van der Waals surface area (Å²) in [5, 5.41) is 3.18. The summed E-state index contributed by atoms with van der Waals surface area (Å²) in [5.74, 6) is -2.14. The average molecular weight is 633 g/mol. The van der Waals surface area contributed by atoms with Crippen LogP contribution in [0.1, 0.15) is 36.0 Å². The number of hydrogen-bond donors (Lipinski definition) is 2. The molecule has 0 saturated carbocycles. The Morgan fingerprint density at radius 1 is 1.07 bits per heavy atom. The van der Waals surface area contributed by atoms with Gasteiger partial charge in [0, 0.05) is 56.9 Å². The number of piperidine rings is 1. The number of fused-ring (bicyclic) bond motifs is 4. The number of para-hydroxylation sites is 1. The van der Waals surface area contributed by atoms with Crippen molar-refractivity contribution in [3.63, 3.8) is 0 Å². The topological polar surface area (TPSA) is 111 Å². The molecule has 1 fully saturated rings. The van der Waals surface area contributed by atoms with Gasteiger partial charge < -0.3 is 25.0 Å². The van der Waals surface area contributed by atoms with Crippen LogP contribution in [0, 0.1) is 5.92 Å². The van der Waals surface area contributed by atoms with Crippen molar-refractivity contribution in [1.82, 2.24) is 24.3 Å². The van der Waals surface area contributed by atoms with Crippen molar-refractivity contribution in [2.24, 2.45) is 13.0 Å². The molecular formula is C30H32ClF3N6O4. The van der Waals surface area contributed by atoms with E-state index in [1.807, 2.05) is 24.3 Å². The third-order valence-corrected chi connectivity index (χ3v) is 9.29. The van der Waals surface area contributed by atoms with Gasteiger partial charge in [0.2, 0.25) is 11.8 Å². The van der Waals surface area contributed by atoms with Crippen molar-refractivity contribution < 1.29 is 27.6 Å². The van der Waals surface area contributed by atoms with E-state index in [4.69, 9.17) is 11.6 Å². The number of likely N-dealkylation sites (tertiary alicyclic amines) is 1. The molecule has 6 rings (SSSR count). The Morgan fingerprint density at radius 2 is 1.80 bits per heavy atom. The van der Waals surface area contributed by atoms with E-state index in [0.29, 0.717) is 55.5 Å². The SMILES string of the molecule is Cn1c(=O)[nH]c2c(Cl)cc3c(c21)CN(CC(F)(F)F)C(=O)[C@H](CC(=O)N1CCC(N2CCc4ccccc4NC2=O)CC1)C3. The van der Waals surface area contributed by atoms with E-state index in [0.717, 1.165) is 16.2 Å². The van der Waals surface area contributed by atoms with Gasteiger partial charge in [0.05, 0.1) is 22.0 Å². The molecule has 10 nitrogen and oxygen atoms in total. The molecule has 1 saturated heterocycles. The third kappa shape index (κ3) is 5.76. The second-order valence-electron chi connectivity index (χ2n) is 11.8. The number of alkyl halides is 3. The van der Waals surface area contributed by atoms with Crippen LogP contribution in [0.25, 0.3) is 11.0 Å². The molecule has 2 N–H and O–H groups in total. The summed E-state index contributed by atoms with van der Waals surface area (Å²) >= 11 is 6.44. The normalized spacial score (nSPS) is 19.8. The molecule has 1 aromatic heterocycles. The van der Waals surface area contributed by atoms with Crippen molar-refractivity contribution >= 4 is 46.2 Å². The molecule has 3 aliphatic heterocycles. The number of carbonyl (C=O) groups is 3. The molecular weight excluding hydrogens is 601 g/mol. The zero-order valence-corrected chi connectivity index (χ0v) is 24.8. The molecule has 1 atom stereocenters. The largest absolute Gasteiger partial charge is 0.406 e. The highest BCUT2D eigenvalue weighted by Crippen LogP contribution is 2.35. The summed E-state index contributed by atoms with van der Waals surface area (Å²) in [7, 11) is 1.48. The van der Waals surface area contributed by atoms with Gasteiger partial charge in [0.1, 0.15) is 6.54 Å². The Bertz CT molecular complexity index is 1690. The lowest BCUT2D eigenvalue weighted by atomic mass is 9.92. The van der Waals surface area contributed by atoms with E-state index in [9.17, 15) is 32.3 Å². The minimum absolute atomic E-state index is 0.00820. The fourth-order valence-electron chi connectivity index (χ4n) is 6.76. The van der Waals surface area contributed by atoms with Crippen LogP contribution in [0.2, 0.25) is 5.02 Å². The van der Waals surface area contributed by atoms with E-state index < -0.39 is 30.2 Å². The Balaban J connectivity index is 1.18. The summed E-state index contributed by atoms with van der Waals surface area (Å²) < 4.78 is 42.1. The van der Waals surface area contributed by atoms with Gasteiger partial charge in [-0.2, -0.15) is 13.2 Å². The van der Waals surface area contributed by atoms with E-state index in [-0.39, 0.29) is 47.9 Å². The molecule has 0 unspecified atom stereocenters. The van der Waals surface area contributed by atoms with Gasteiger partial charge in [-0.1, -0.05) is 29.8 Å². The number of imidazole rings is 1. The van der Waals surface area contributed by atoms with Crippen LogP contribution in [-0.2, 0) is 36.0 Å². The first-order valence-electron chi connectivity index (χ1n) is 14.6. The smallest absolute Gasteiger partial charge is 0.343 e. The Morgan fingerprint density at radius 3 is 2.52 bits per heavy atom. The van der Waals surface area contributed by atoms with Gasteiger partial charge in [0.25, 0.3) is 0 Å². The fourth-order valence-corrected chi connectivity index (χ4v) is 7.03. The molecule has 14 heteroatoms. The molecule has 3 aromatic rings. The second-order valence-corrected chi connectivity index (χ2v) is 12.2. The standard InChI is InChI=1S/C30H32ClF3N6O4/c1-37-26-21-15-39(16-30(32,33)34)27(42)19(12-18(21)13-22(31)25(26)36-28(37)43)14-24(41)38-9-7-20(8-10-38)40-11-6-17-4-2-3-5-23(17)35-29(40)44/h2-5,13,19-20H,6-12,14-16H2,1H3,(H,35,44)(H,36,43)/t19-/m0/s1. The maximum Gasteiger partial charge on any atom is 0.406 e. The van der Waals surface area contributed by atoms with Crippen molar-refractivity contribution in [1.29, 1.82) is 0 Å². The number of anilines is 1. The zero-order chi connectivity index (χ0) is 31.3. The van der Waals surface area contributed by atoms with E-state index in [1.165, 1.54) is 11.6 Å². The van der Waals surface area contributed by atoms with Crippen LogP contribution in [0.4, 0.5) is 23.7 Å². The predicted octanol–water partition coefficient (Wildman–Crippen LogP) is 4.05. The number of H-pyrrole nitrogens is 1. The van der Waals surface area contributed by atoms with Crippen LogP contribution in [0.5, 0.6) is 0 Å². The summed E-state index contributed by atoms with van der Waals surface area (Å²) in [6.45, 7) is -0.575. The summed E-state index contributed by atoms with van der Waals surface area (Å²) in [5.41, 5.74) is 2.93. The monoisotopic (exact) mass is 632 g/mol. The molecule has 0 aliphatic carbocycles. The predicted molar refractivity (Wildman–Crippen MR) is 157 cm³/mol.